The number of thioether (sulfide) groups is 1. The van der Waals surface area contributed by atoms with Gasteiger partial charge in [-0.3, -0.25) is 14.2 Å². The summed E-state index contributed by atoms with van der Waals surface area (Å²) in [6.45, 7) is 3.42. The Bertz CT molecular complexity index is 1000. The second-order valence-electron chi connectivity index (χ2n) is 6.39. The summed E-state index contributed by atoms with van der Waals surface area (Å²) in [5.41, 5.74) is 1.89. The maximum Gasteiger partial charge on any atom is 0.267 e. The van der Waals surface area contributed by atoms with E-state index in [1.165, 1.54) is 23.1 Å². The number of fused-ring (bicyclic) bond motifs is 1. The number of ketones is 1. The number of hydrogen-bond acceptors (Lipinski definition) is 5. The zero-order valence-electron chi connectivity index (χ0n) is 14.1. The van der Waals surface area contributed by atoms with Gasteiger partial charge in [-0.15, -0.1) is 11.3 Å². The Labute approximate surface area is 153 Å². The standard InChI is InChI=1S/C19H18N2O2S2/c1-11(22)12(2)25-19-20-17-16(15(10-24-17)13-8-9-13)18(23)21(19)14-6-4-3-5-7-14/h3-7,10,12-13H,8-9H2,1-2H3. The molecule has 1 atom stereocenters. The summed E-state index contributed by atoms with van der Waals surface area (Å²) in [5, 5.41) is 3.16. The van der Waals surface area contributed by atoms with E-state index >= 15 is 0 Å². The van der Waals surface area contributed by atoms with Crippen molar-refractivity contribution in [2.75, 3.05) is 0 Å². The van der Waals surface area contributed by atoms with Crippen LogP contribution in [-0.4, -0.2) is 20.6 Å². The number of benzene rings is 1. The van der Waals surface area contributed by atoms with Gasteiger partial charge in [0.15, 0.2) is 5.16 Å². The van der Waals surface area contributed by atoms with E-state index in [4.69, 9.17) is 4.98 Å². The van der Waals surface area contributed by atoms with Crippen LogP contribution in [0.2, 0.25) is 0 Å². The number of carbonyl (C=O) groups is 1. The molecule has 0 N–H and O–H groups in total. The monoisotopic (exact) mass is 370 g/mol. The van der Waals surface area contributed by atoms with E-state index in [1.807, 2.05) is 37.3 Å². The van der Waals surface area contributed by atoms with Gasteiger partial charge in [-0.25, -0.2) is 4.98 Å². The van der Waals surface area contributed by atoms with Crippen molar-refractivity contribution < 1.29 is 4.79 Å². The summed E-state index contributed by atoms with van der Waals surface area (Å²) in [4.78, 5) is 30.6. The fourth-order valence-corrected chi connectivity index (χ4v) is 4.80. The molecule has 1 saturated carbocycles. The predicted octanol–water partition coefficient (Wildman–Crippen LogP) is 4.39. The van der Waals surface area contributed by atoms with Crippen LogP contribution in [0.25, 0.3) is 15.9 Å². The lowest BCUT2D eigenvalue weighted by Crippen LogP contribution is -2.23. The fraction of sp³-hybridized carbons (Fsp3) is 0.316. The van der Waals surface area contributed by atoms with Gasteiger partial charge in [0.05, 0.1) is 16.3 Å². The van der Waals surface area contributed by atoms with Crippen LogP contribution in [0, 0.1) is 0 Å². The van der Waals surface area contributed by atoms with E-state index in [0.717, 1.165) is 34.3 Å². The van der Waals surface area contributed by atoms with Crippen LogP contribution < -0.4 is 5.56 Å². The number of Topliss-reactive ketones (excluding diaryl/α,β-unsaturated/α-hetero) is 1. The lowest BCUT2D eigenvalue weighted by atomic mass is 10.1. The van der Waals surface area contributed by atoms with Crippen molar-refractivity contribution in [1.82, 2.24) is 9.55 Å². The summed E-state index contributed by atoms with van der Waals surface area (Å²) in [6, 6.07) is 9.54. The third-order valence-corrected chi connectivity index (χ3v) is 6.55. The van der Waals surface area contributed by atoms with Crippen LogP contribution in [0.3, 0.4) is 0 Å². The normalized spacial score (nSPS) is 15.4. The molecule has 0 amide bonds. The number of hydrogen-bond donors (Lipinski definition) is 0. The molecule has 1 fully saturated rings. The molecule has 1 aromatic carbocycles. The molecule has 0 aliphatic heterocycles. The molecule has 6 heteroatoms. The summed E-state index contributed by atoms with van der Waals surface area (Å²) in [6.07, 6.45) is 2.29. The molecule has 1 aliphatic rings. The highest BCUT2D eigenvalue weighted by Crippen LogP contribution is 2.44. The van der Waals surface area contributed by atoms with E-state index in [-0.39, 0.29) is 16.6 Å². The van der Waals surface area contributed by atoms with Gasteiger partial charge in [0, 0.05) is 0 Å². The van der Waals surface area contributed by atoms with Gasteiger partial charge in [-0.2, -0.15) is 0 Å². The molecule has 1 unspecified atom stereocenters. The van der Waals surface area contributed by atoms with E-state index in [1.54, 1.807) is 11.5 Å². The van der Waals surface area contributed by atoms with Crippen LogP contribution >= 0.6 is 23.1 Å². The first-order valence-electron chi connectivity index (χ1n) is 8.33. The van der Waals surface area contributed by atoms with Crippen molar-refractivity contribution in [3.63, 3.8) is 0 Å². The highest BCUT2D eigenvalue weighted by molar-refractivity contribution is 8.00. The van der Waals surface area contributed by atoms with Gasteiger partial charge in [0.2, 0.25) is 0 Å². The fourth-order valence-electron chi connectivity index (χ4n) is 2.81. The van der Waals surface area contributed by atoms with Crippen LogP contribution in [0.1, 0.15) is 38.2 Å². The molecule has 3 aromatic rings. The van der Waals surface area contributed by atoms with Gasteiger partial charge in [0.1, 0.15) is 10.6 Å². The minimum atomic E-state index is -0.248. The number of para-hydroxylation sites is 1. The second-order valence-corrected chi connectivity index (χ2v) is 8.55. The Morgan fingerprint density at radius 1 is 1.32 bits per heavy atom. The molecule has 0 radical (unpaired) electrons. The SMILES string of the molecule is CC(=O)C(C)Sc1nc2scc(C3CC3)c2c(=O)n1-c1ccccc1. The maximum atomic E-state index is 13.3. The summed E-state index contributed by atoms with van der Waals surface area (Å²) >= 11 is 2.87. The van der Waals surface area contributed by atoms with Crippen molar-refractivity contribution in [3.8, 4) is 5.69 Å². The molecule has 25 heavy (non-hydrogen) atoms. The molecule has 0 spiro atoms. The second kappa shape index (κ2) is 6.42. The van der Waals surface area contributed by atoms with Gasteiger partial charge < -0.3 is 0 Å². The lowest BCUT2D eigenvalue weighted by molar-refractivity contribution is -0.116. The average molecular weight is 370 g/mol. The summed E-state index contributed by atoms with van der Waals surface area (Å²) < 4.78 is 1.66. The number of rotatable bonds is 5. The van der Waals surface area contributed by atoms with Crippen LogP contribution in [0.15, 0.2) is 45.7 Å². The molecular formula is C19H18N2O2S2. The Hall–Kier alpha value is -1.92. The first-order chi connectivity index (χ1) is 12.1. The van der Waals surface area contributed by atoms with Crippen molar-refractivity contribution >= 4 is 39.1 Å². The Morgan fingerprint density at radius 2 is 2.04 bits per heavy atom. The van der Waals surface area contributed by atoms with Crippen molar-refractivity contribution in [1.29, 1.82) is 0 Å². The smallest absolute Gasteiger partial charge is 0.267 e. The highest BCUT2D eigenvalue weighted by Gasteiger charge is 2.29. The van der Waals surface area contributed by atoms with E-state index in [9.17, 15) is 9.59 Å². The molecule has 4 rings (SSSR count). The molecular weight excluding hydrogens is 352 g/mol. The Kier molecular flexibility index (Phi) is 4.25. The largest absolute Gasteiger partial charge is 0.299 e. The lowest BCUT2D eigenvalue weighted by Gasteiger charge is -2.14. The van der Waals surface area contributed by atoms with Crippen molar-refractivity contribution in [3.05, 3.63) is 51.6 Å². The van der Waals surface area contributed by atoms with Crippen molar-refractivity contribution in [2.45, 2.75) is 43.0 Å². The van der Waals surface area contributed by atoms with Crippen molar-refractivity contribution in [2.24, 2.45) is 0 Å². The van der Waals surface area contributed by atoms with Crippen LogP contribution in [0.5, 0.6) is 0 Å². The third-order valence-electron chi connectivity index (χ3n) is 4.49. The molecule has 1 aliphatic carbocycles. The predicted molar refractivity (Wildman–Crippen MR) is 103 cm³/mol. The van der Waals surface area contributed by atoms with Crippen LogP contribution in [0.4, 0.5) is 0 Å². The third kappa shape index (κ3) is 3.04. The molecule has 0 bridgehead atoms. The molecule has 2 aromatic heterocycles. The molecule has 2 heterocycles. The summed E-state index contributed by atoms with van der Waals surface area (Å²) in [7, 11) is 0. The molecule has 4 nitrogen and oxygen atoms in total. The van der Waals surface area contributed by atoms with E-state index in [0.29, 0.717) is 11.1 Å². The topological polar surface area (TPSA) is 52.0 Å². The number of carbonyl (C=O) groups excluding carboxylic acids is 1. The first-order valence-corrected chi connectivity index (χ1v) is 10.1. The minimum absolute atomic E-state index is 0.0300. The number of aromatic nitrogens is 2. The quantitative estimate of drug-likeness (QED) is 0.494. The number of thiophene rings is 1. The number of nitrogens with zero attached hydrogens (tertiary/aromatic N) is 2. The molecule has 128 valence electrons. The minimum Gasteiger partial charge on any atom is -0.299 e. The van der Waals surface area contributed by atoms with Crippen LogP contribution in [-0.2, 0) is 4.79 Å². The van der Waals surface area contributed by atoms with Gasteiger partial charge in [0.25, 0.3) is 5.56 Å². The highest BCUT2D eigenvalue weighted by atomic mass is 32.2. The van der Waals surface area contributed by atoms with Gasteiger partial charge in [-0.1, -0.05) is 30.0 Å². The zero-order valence-corrected chi connectivity index (χ0v) is 15.7. The van der Waals surface area contributed by atoms with Gasteiger partial charge >= 0.3 is 0 Å². The molecule has 0 saturated heterocycles. The van der Waals surface area contributed by atoms with Gasteiger partial charge in [-0.05, 0) is 55.7 Å². The average Bonchev–Trinajstić information content (AvgIpc) is 3.35. The Balaban J connectivity index is 1.96. The maximum absolute atomic E-state index is 13.3. The van der Waals surface area contributed by atoms with E-state index < -0.39 is 0 Å². The van der Waals surface area contributed by atoms with E-state index in [2.05, 4.69) is 5.38 Å². The summed E-state index contributed by atoms with van der Waals surface area (Å²) in [5.74, 6) is 0.575. The zero-order chi connectivity index (χ0) is 17.6. The first kappa shape index (κ1) is 16.5. The Morgan fingerprint density at radius 3 is 2.68 bits per heavy atom.